The summed E-state index contributed by atoms with van der Waals surface area (Å²) < 4.78 is 1.91. The normalized spacial score (nSPS) is 17.6. The van der Waals surface area contributed by atoms with Crippen LogP contribution in [0, 0.1) is 0 Å². The van der Waals surface area contributed by atoms with Gasteiger partial charge in [0.05, 0.1) is 6.04 Å². The van der Waals surface area contributed by atoms with Gasteiger partial charge >= 0.3 is 0 Å². The highest BCUT2D eigenvalue weighted by Gasteiger charge is 2.25. The van der Waals surface area contributed by atoms with Gasteiger partial charge in [-0.3, -0.25) is 4.68 Å². The first-order chi connectivity index (χ1) is 8.78. The van der Waals surface area contributed by atoms with Gasteiger partial charge in [0.25, 0.3) is 0 Å². The van der Waals surface area contributed by atoms with Crippen LogP contribution < -0.4 is 5.32 Å². The summed E-state index contributed by atoms with van der Waals surface area (Å²) in [6, 6.07) is 8.70. The minimum Gasteiger partial charge on any atom is -0.375 e. The summed E-state index contributed by atoms with van der Waals surface area (Å²) in [7, 11) is 1.98. The van der Waals surface area contributed by atoms with E-state index in [1.54, 1.807) is 0 Å². The van der Waals surface area contributed by atoms with Gasteiger partial charge in [-0.15, -0.1) is 0 Å². The van der Waals surface area contributed by atoms with Crippen molar-refractivity contribution in [2.45, 2.75) is 32.2 Å². The molecule has 18 heavy (non-hydrogen) atoms. The lowest BCUT2D eigenvalue weighted by Gasteiger charge is -2.09. The van der Waals surface area contributed by atoms with Crippen LogP contribution in [0.5, 0.6) is 0 Å². The molecule has 3 rings (SSSR count). The van der Waals surface area contributed by atoms with Crippen LogP contribution in [0.2, 0.25) is 0 Å². The van der Waals surface area contributed by atoms with Gasteiger partial charge in [0.15, 0.2) is 5.82 Å². The maximum absolute atomic E-state index is 4.65. The zero-order valence-corrected chi connectivity index (χ0v) is 10.8. The lowest BCUT2D eigenvalue weighted by molar-refractivity contribution is 0.642. The Morgan fingerprint density at radius 1 is 1.39 bits per heavy atom. The molecule has 2 aromatic rings. The monoisotopic (exact) mass is 242 g/mol. The van der Waals surface area contributed by atoms with Crippen molar-refractivity contribution >= 4 is 5.69 Å². The number of para-hydroxylation sites is 1. The third kappa shape index (κ3) is 1.88. The van der Waals surface area contributed by atoms with E-state index in [4.69, 9.17) is 0 Å². The second-order valence-corrected chi connectivity index (χ2v) is 4.82. The molecular weight excluding hydrogens is 224 g/mol. The fourth-order valence-electron chi connectivity index (χ4n) is 2.54. The summed E-state index contributed by atoms with van der Waals surface area (Å²) in [5, 5.41) is 8.00. The summed E-state index contributed by atoms with van der Waals surface area (Å²) >= 11 is 0. The number of aromatic nitrogens is 3. The molecule has 1 aliphatic heterocycles. The molecule has 0 fully saturated rings. The number of nitrogens with zero attached hydrogens (tertiary/aromatic N) is 3. The van der Waals surface area contributed by atoms with Crippen LogP contribution in [0.3, 0.4) is 0 Å². The van der Waals surface area contributed by atoms with E-state index in [1.165, 1.54) is 11.3 Å². The second kappa shape index (κ2) is 4.44. The van der Waals surface area contributed by atoms with E-state index in [0.717, 1.165) is 30.9 Å². The summed E-state index contributed by atoms with van der Waals surface area (Å²) in [6.07, 6.45) is 3.03. The Bertz CT molecular complexity index is 534. The lowest BCUT2D eigenvalue weighted by Crippen LogP contribution is -2.12. The fraction of sp³-hybridized carbons (Fsp3) is 0.429. The van der Waals surface area contributed by atoms with Gasteiger partial charge in [-0.1, -0.05) is 25.1 Å². The predicted octanol–water partition coefficient (Wildman–Crippen LogP) is 2.48. The Balaban J connectivity index is 1.85. The number of aryl methyl sites for hydroxylation is 2. The van der Waals surface area contributed by atoms with Crippen molar-refractivity contribution in [2.24, 2.45) is 7.05 Å². The molecule has 4 heteroatoms. The van der Waals surface area contributed by atoms with Gasteiger partial charge < -0.3 is 5.32 Å². The summed E-state index contributed by atoms with van der Waals surface area (Å²) in [6.45, 7) is 2.15. The van der Waals surface area contributed by atoms with E-state index in [2.05, 4.69) is 46.6 Å². The van der Waals surface area contributed by atoms with Gasteiger partial charge in [0, 0.05) is 25.6 Å². The van der Waals surface area contributed by atoms with E-state index in [-0.39, 0.29) is 6.04 Å². The zero-order valence-electron chi connectivity index (χ0n) is 10.8. The average molecular weight is 242 g/mol. The number of fused-ring (bicyclic) bond motifs is 1. The van der Waals surface area contributed by atoms with Gasteiger partial charge in [0.1, 0.15) is 5.82 Å². The third-order valence-corrected chi connectivity index (χ3v) is 3.40. The molecule has 0 amide bonds. The van der Waals surface area contributed by atoms with Gasteiger partial charge in [-0.25, -0.2) is 4.98 Å². The van der Waals surface area contributed by atoms with Crippen molar-refractivity contribution in [1.29, 1.82) is 0 Å². The number of rotatable bonds is 3. The van der Waals surface area contributed by atoms with Gasteiger partial charge in [0.2, 0.25) is 0 Å². The van der Waals surface area contributed by atoms with Crippen LogP contribution in [-0.4, -0.2) is 14.8 Å². The molecular formula is C14H18N4. The van der Waals surface area contributed by atoms with Crippen molar-refractivity contribution in [3.8, 4) is 0 Å². The first-order valence-corrected chi connectivity index (χ1v) is 6.52. The quantitative estimate of drug-likeness (QED) is 0.899. The van der Waals surface area contributed by atoms with Crippen molar-refractivity contribution in [3.05, 3.63) is 41.5 Å². The van der Waals surface area contributed by atoms with Crippen molar-refractivity contribution in [2.75, 3.05) is 5.32 Å². The molecule has 0 aliphatic carbocycles. The summed E-state index contributed by atoms with van der Waals surface area (Å²) in [4.78, 5) is 4.65. The molecule has 0 saturated heterocycles. The van der Waals surface area contributed by atoms with E-state index in [0.29, 0.717) is 0 Å². The molecule has 2 heterocycles. The van der Waals surface area contributed by atoms with E-state index >= 15 is 0 Å². The number of nitrogens with one attached hydrogen (secondary N) is 1. The van der Waals surface area contributed by atoms with Crippen LogP contribution >= 0.6 is 0 Å². The maximum atomic E-state index is 4.65. The Hall–Kier alpha value is -1.84. The smallest absolute Gasteiger partial charge is 0.151 e. The van der Waals surface area contributed by atoms with Gasteiger partial charge in [-0.05, 0) is 18.1 Å². The fourth-order valence-corrected chi connectivity index (χ4v) is 2.54. The van der Waals surface area contributed by atoms with Crippen LogP contribution in [0.4, 0.5) is 5.69 Å². The highest BCUT2D eigenvalue weighted by molar-refractivity contribution is 5.57. The summed E-state index contributed by atoms with van der Waals surface area (Å²) in [5.41, 5.74) is 2.59. The summed E-state index contributed by atoms with van der Waals surface area (Å²) in [5.74, 6) is 1.99. The molecule has 0 bridgehead atoms. The molecule has 1 unspecified atom stereocenters. The Morgan fingerprint density at radius 2 is 2.22 bits per heavy atom. The second-order valence-electron chi connectivity index (χ2n) is 4.82. The number of benzene rings is 1. The number of hydrogen-bond donors (Lipinski definition) is 1. The molecule has 1 atom stereocenters. The molecule has 0 saturated carbocycles. The average Bonchev–Trinajstić information content (AvgIpc) is 2.92. The topological polar surface area (TPSA) is 42.7 Å². The van der Waals surface area contributed by atoms with E-state index < -0.39 is 0 Å². The molecule has 1 N–H and O–H groups in total. The minimum absolute atomic E-state index is 0.255. The van der Waals surface area contributed by atoms with Crippen molar-refractivity contribution in [1.82, 2.24) is 14.8 Å². The molecule has 94 valence electrons. The highest BCUT2D eigenvalue weighted by atomic mass is 15.3. The molecule has 0 radical (unpaired) electrons. The maximum Gasteiger partial charge on any atom is 0.151 e. The standard InChI is InChI=1S/C14H18N4/c1-3-6-13-16-14(18(2)17-13)12-9-10-7-4-5-8-11(10)15-12/h4-5,7-8,12,15H,3,6,9H2,1-2H3. The SMILES string of the molecule is CCCc1nc(C2Cc3ccccc3N2)n(C)n1. The van der Waals surface area contributed by atoms with E-state index in [9.17, 15) is 0 Å². The first-order valence-electron chi connectivity index (χ1n) is 6.52. The Morgan fingerprint density at radius 3 is 3.00 bits per heavy atom. The third-order valence-electron chi connectivity index (χ3n) is 3.40. The van der Waals surface area contributed by atoms with Crippen LogP contribution in [0.15, 0.2) is 24.3 Å². The lowest BCUT2D eigenvalue weighted by atomic mass is 10.1. The van der Waals surface area contributed by atoms with Crippen molar-refractivity contribution < 1.29 is 0 Å². The highest BCUT2D eigenvalue weighted by Crippen LogP contribution is 2.32. The predicted molar refractivity (Wildman–Crippen MR) is 71.5 cm³/mol. The molecule has 1 aromatic carbocycles. The zero-order chi connectivity index (χ0) is 12.5. The molecule has 0 spiro atoms. The number of hydrogen-bond acceptors (Lipinski definition) is 3. The molecule has 4 nitrogen and oxygen atoms in total. The number of anilines is 1. The largest absolute Gasteiger partial charge is 0.375 e. The molecule has 1 aromatic heterocycles. The van der Waals surface area contributed by atoms with Gasteiger partial charge in [-0.2, -0.15) is 5.10 Å². The Labute approximate surface area is 107 Å². The minimum atomic E-state index is 0.255. The van der Waals surface area contributed by atoms with Crippen LogP contribution in [0.1, 0.15) is 36.6 Å². The first kappa shape index (κ1) is 11.3. The van der Waals surface area contributed by atoms with Crippen LogP contribution in [-0.2, 0) is 19.9 Å². The van der Waals surface area contributed by atoms with E-state index in [1.807, 2.05) is 11.7 Å². The van der Waals surface area contributed by atoms with Crippen LogP contribution in [0.25, 0.3) is 0 Å². The van der Waals surface area contributed by atoms with Crippen molar-refractivity contribution in [3.63, 3.8) is 0 Å². The molecule has 1 aliphatic rings. The Kier molecular flexibility index (Phi) is 2.78.